The minimum absolute atomic E-state index is 0.0838. The van der Waals surface area contributed by atoms with Gasteiger partial charge in [-0.2, -0.15) is 0 Å². The van der Waals surface area contributed by atoms with E-state index in [0.717, 1.165) is 6.42 Å². The Labute approximate surface area is 104 Å². The Balaban J connectivity index is 3.99. The van der Waals surface area contributed by atoms with Gasteiger partial charge in [-0.25, -0.2) is 4.79 Å². The summed E-state index contributed by atoms with van der Waals surface area (Å²) in [6, 6.07) is 0. The molecule has 2 nitrogen and oxygen atoms in total. The molecule has 0 radical (unpaired) electrons. The first kappa shape index (κ1) is 15.1. The average Bonchev–Trinajstić information content (AvgIpc) is 2.26. The van der Waals surface area contributed by atoms with Crippen molar-refractivity contribution in [2.45, 2.75) is 39.7 Å². The molecule has 0 spiro atoms. The number of ether oxygens (including phenoxy) is 1. The second kappa shape index (κ2) is 9.31. The number of rotatable bonds is 4. The number of hydrogen-bond donors (Lipinski definition) is 0. The highest BCUT2D eigenvalue weighted by Gasteiger charge is 2.06. The Morgan fingerprint density at radius 1 is 1.41 bits per heavy atom. The van der Waals surface area contributed by atoms with Gasteiger partial charge in [0, 0.05) is 12.0 Å². The van der Waals surface area contributed by atoms with Crippen LogP contribution in [-0.4, -0.2) is 12.1 Å². The number of carbonyl (C=O) groups is 1. The lowest BCUT2D eigenvalue weighted by atomic mass is 10.2. The summed E-state index contributed by atoms with van der Waals surface area (Å²) in [4.78, 5) is 11.4. The number of terminal acetylenes is 1. The first-order valence-electron chi connectivity index (χ1n) is 5.55. The summed E-state index contributed by atoms with van der Waals surface area (Å²) in [6.45, 7) is 5.40. The van der Waals surface area contributed by atoms with E-state index in [-0.39, 0.29) is 12.1 Å². The van der Waals surface area contributed by atoms with Crippen molar-refractivity contribution in [3.8, 4) is 24.2 Å². The van der Waals surface area contributed by atoms with Crippen molar-refractivity contribution in [3.05, 3.63) is 23.8 Å². The SMILES string of the molecule is C#C/C=C/C#CCC/C=C(\C)C(=O)OC(C)C. The number of carbonyl (C=O) groups excluding carboxylic acids is 1. The predicted octanol–water partition coefficient (Wildman–Crippen LogP) is 2.86. The van der Waals surface area contributed by atoms with Crippen LogP contribution in [0.4, 0.5) is 0 Å². The van der Waals surface area contributed by atoms with E-state index in [1.54, 1.807) is 19.1 Å². The van der Waals surface area contributed by atoms with Crippen molar-refractivity contribution in [2.24, 2.45) is 0 Å². The monoisotopic (exact) mass is 230 g/mol. The van der Waals surface area contributed by atoms with Gasteiger partial charge in [0.1, 0.15) is 0 Å². The molecule has 0 atom stereocenters. The van der Waals surface area contributed by atoms with Gasteiger partial charge in [-0.3, -0.25) is 0 Å². The lowest BCUT2D eigenvalue weighted by molar-refractivity contribution is -0.142. The zero-order valence-electron chi connectivity index (χ0n) is 10.6. The molecule has 0 aromatic carbocycles. The van der Waals surface area contributed by atoms with Crippen molar-refractivity contribution >= 4 is 5.97 Å². The van der Waals surface area contributed by atoms with Gasteiger partial charge < -0.3 is 4.74 Å². The van der Waals surface area contributed by atoms with Crippen molar-refractivity contribution in [1.82, 2.24) is 0 Å². The van der Waals surface area contributed by atoms with Crippen LogP contribution in [0.3, 0.4) is 0 Å². The van der Waals surface area contributed by atoms with Gasteiger partial charge in [0.05, 0.1) is 6.10 Å². The molecular weight excluding hydrogens is 212 g/mol. The molecule has 0 aromatic rings. The first-order chi connectivity index (χ1) is 8.07. The van der Waals surface area contributed by atoms with Crippen LogP contribution in [0.5, 0.6) is 0 Å². The van der Waals surface area contributed by atoms with Crippen LogP contribution in [0.15, 0.2) is 23.8 Å². The minimum Gasteiger partial charge on any atom is -0.460 e. The molecule has 0 bridgehead atoms. The van der Waals surface area contributed by atoms with Crippen molar-refractivity contribution in [3.63, 3.8) is 0 Å². The van der Waals surface area contributed by atoms with Crippen LogP contribution < -0.4 is 0 Å². The number of unbranched alkanes of at least 4 members (excludes halogenated alkanes) is 1. The molecule has 0 N–H and O–H groups in total. The molecule has 0 aromatic heterocycles. The minimum atomic E-state index is -0.264. The Morgan fingerprint density at radius 2 is 2.12 bits per heavy atom. The third kappa shape index (κ3) is 9.03. The second-order valence-corrected chi connectivity index (χ2v) is 3.70. The Hall–Kier alpha value is -1.93. The molecule has 0 heterocycles. The highest BCUT2D eigenvalue weighted by atomic mass is 16.5. The maximum absolute atomic E-state index is 11.4. The fourth-order valence-corrected chi connectivity index (χ4v) is 0.972. The fourth-order valence-electron chi connectivity index (χ4n) is 0.972. The Kier molecular flexibility index (Phi) is 8.25. The molecule has 90 valence electrons. The lowest BCUT2D eigenvalue weighted by Gasteiger charge is -2.07. The average molecular weight is 230 g/mol. The van der Waals surface area contributed by atoms with Crippen LogP contribution in [-0.2, 0) is 9.53 Å². The summed E-state index contributed by atoms with van der Waals surface area (Å²) < 4.78 is 5.05. The lowest BCUT2D eigenvalue weighted by Crippen LogP contribution is -2.12. The van der Waals surface area contributed by atoms with Crippen molar-refractivity contribution < 1.29 is 9.53 Å². The van der Waals surface area contributed by atoms with Gasteiger partial charge >= 0.3 is 5.97 Å². The van der Waals surface area contributed by atoms with E-state index in [1.165, 1.54) is 0 Å². The Morgan fingerprint density at radius 3 is 2.71 bits per heavy atom. The molecule has 0 aliphatic rings. The first-order valence-corrected chi connectivity index (χ1v) is 5.55. The van der Waals surface area contributed by atoms with Crippen LogP contribution in [0.2, 0.25) is 0 Å². The van der Waals surface area contributed by atoms with E-state index >= 15 is 0 Å². The smallest absolute Gasteiger partial charge is 0.333 e. The van der Waals surface area contributed by atoms with Crippen LogP contribution >= 0.6 is 0 Å². The normalized spacial score (nSPS) is 10.9. The summed E-state index contributed by atoms with van der Waals surface area (Å²) >= 11 is 0. The molecule has 17 heavy (non-hydrogen) atoms. The maximum atomic E-state index is 11.4. The third-order valence-electron chi connectivity index (χ3n) is 1.75. The zero-order valence-corrected chi connectivity index (χ0v) is 10.6. The second-order valence-electron chi connectivity index (χ2n) is 3.70. The van der Waals surface area contributed by atoms with E-state index in [4.69, 9.17) is 11.2 Å². The quantitative estimate of drug-likeness (QED) is 0.321. The molecular formula is C15H18O2. The molecule has 0 saturated carbocycles. The van der Waals surface area contributed by atoms with Gasteiger partial charge in [-0.05, 0) is 39.3 Å². The number of hydrogen-bond acceptors (Lipinski definition) is 2. The molecule has 0 unspecified atom stereocenters. The van der Waals surface area contributed by atoms with Crippen molar-refractivity contribution in [2.75, 3.05) is 0 Å². The predicted molar refractivity (Wildman–Crippen MR) is 70.0 cm³/mol. The highest BCUT2D eigenvalue weighted by Crippen LogP contribution is 2.02. The number of allylic oxidation sites excluding steroid dienone is 3. The maximum Gasteiger partial charge on any atom is 0.333 e. The fraction of sp³-hybridized carbons (Fsp3) is 0.400. The van der Waals surface area contributed by atoms with Crippen LogP contribution in [0.25, 0.3) is 0 Å². The summed E-state index contributed by atoms with van der Waals surface area (Å²) in [5, 5.41) is 0. The van der Waals surface area contributed by atoms with Crippen LogP contribution in [0, 0.1) is 24.2 Å². The molecule has 0 saturated heterocycles. The summed E-state index contributed by atoms with van der Waals surface area (Å²) in [5.41, 5.74) is 0.625. The highest BCUT2D eigenvalue weighted by molar-refractivity contribution is 5.87. The van der Waals surface area contributed by atoms with Crippen LogP contribution in [0.1, 0.15) is 33.6 Å². The van der Waals surface area contributed by atoms with E-state index in [0.29, 0.717) is 12.0 Å². The van der Waals surface area contributed by atoms with Gasteiger partial charge in [-0.1, -0.05) is 23.8 Å². The van der Waals surface area contributed by atoms with Gasteiger partial charge in [0.2, 0.25) is 0 Å². The largest absolute Gasteiger partial charge is 0.460 e. The summed E-state index contributed by atoms with van der Waals surface area (Å²) in [7, 11) is 0. The number of esters is 1. The molecule has 0 rings (SSSR count). The Bertz CT molecular complexity index is 395. The van der Waals surface area contributed by atoms with E-state index in [9.17, 15) is 4.79 Å². The molecule has 0 aliphatic heterocycles. The van der Waals surface area contributed by atoms with E-state index in [2.05, 4.69) is 17.8 Å². The molecule has 0 aliphatic carbocycles. The molecule has 0 fully saturated rings. The zero-order chi connectivity index (χ0) is 13.1. The van der Waals surface area contributed by atoms with E-state index < -0.39 is 0 Å². The summed E-state index contributed by atoms with van der Waals surface area (Å²) in [5.74, 6) is 7.82. The topological polar surface area (TPSA) is 26.3 Å². The van der Waals surface area contributed by atoms with Crippen molar-refractivity contribution in [1.29, 1.82) is 0 Å². The third-order valence-corrected chi connectivity index (χ3v) is 1.75. The molecule has 0 amide bonds. The standard InChI is InChI=1S/C15H18O2/c1-5-6-7-8-9-10-11-12-14(4)15(16)17-13(2)3/h1,6-7,12-13H,10-11H2,2-4H3/b7-6+,14-12+. The van der Waals surface area contributed by atoms with E-state index in [1.807, 2.05) is 19.9 Å². The molecule has 2 heteroatoms. The van der Waals surface area contributed by atoms with Gasteiger partial charge in [0.15, 0.2) is 0 Å². The van der Waals surface area contributed by atoms with Gasteiger partial charge in [-0.15, -0.1) is 6.42 Å². The summed E-state index contributed by atoms with van der Waals surface area (Å²) in [6.07, 6.45) is 11.4. The van der Waals surface area contributed by atoms with Gasteiger partial charge in [0.25, 0.3) is 0 Å².